The molecule has 1 aromatic carbocycles. The van der Waals surface area contributed by atoms with Crippen molar-refractivity contribution in [2.45, 2.75) is 46.3 Å². The number of aliphatic hydroxyl groups excluding tert-OH is 1. The largest absolute Gasteiger partial charge is 0.497 e. The van der Waals surface area contributed by atoms with Gasteiger partial charge in [-0.3, -0.25) is 4.79 Å². The first-order valence-electron chi connectivity index (χ1n) is 8.53. The predicted molar refractivity (Wildman–Crippen MR) is 101 cm³/mol. The summed E-state index contributed by atoms with van der Waals surface area (Å²) in [6.07, 6.45) is 4.20. The van der Waals surface area contributed by atoms with Gasteiger partial charge < -0.3 is 14.6 Å². The molecule has 1 N–H and O–H groups in total. The summed E-state index contributed by atoms with van der Waals surface area (Å²) in [5, 5.41) is 8.99. The lowest BCUT2D eigenvalue weighted by Gasteiger charge is -2.32. The normalized spacial score (nSPS) is 13.4. The molecule has 4 heteroatoms. The zero-order valence-electron chi connectivity index (χ0n) is 15.7. The van der Waals surface area contributed by atoms with Crippen LogP contribution >= 0.6 is 0 Å². The molecule has 1 aromatic rings. The summed E-state index contributed by atoms with van der Waals surface area (Å²) in [5.74, 6) is 0.798. The van der Waals surface area contributed by atoms with Gasteiger partial charge in [-0.05, 0) is 43.5 Å². The number of carbonyl (C=O) groups excluding carboxylic acids is 1. The molecular formula is C21H30O4. The number of rotatable bonds is 11. The van der Waals surface area contributed by atoms with Crippen LogP contribution in [-0.4, -0.2) is 30.7 Å². The molecule has 25 heavy (non-hydrogen) atoms. The fraction of sp³-hybridized carbons (Fsp3) is 0.476. The molecule has 138 valence electrons. The van der Waals surface area contributed by atoms with E-state index >= 15 is 0 Å². The highest BCUT2D eigenvalue weighted by Gasteiger charge is 2.35. The van der Waals surface area contributed by atoms with Crippen molar-refractivity contribution in [2.24, 2.45) is 5.41 Å². The highest BCUT2D eigenvalue weighted by Crippen LogP contribution is 2.30. The maximum absolute atomic E-state index is 12.7. The molecule has 0 fully saturated rings. The summed E-state index contributed by atoms with van der Waals surface area (Å²) in [6.45, 7) is 9.87. The number of hydrogen-bond acceptors (Lipinski definition) is 4. The number of methoxy groups -OCH3 is 1. The Hall–Kier alpha value is -1.91. The molecule has 4 nitrogen and oxygen atoms in total. The number of ether oxygens (including phenoxy) is 2. The van der Waals surface area contributed by atoms with Crippen LogP contribution in [0, 0.1) is 5.41 Å². The Balaban J connectivity index is 2.83. The lowest BCUT2D eigenvalue weighted by Crippen LogP contribution is -2.38. The van der Waals surface area contributed by atoms with E-state index in [1.165, 1.54) is 0 Å². The summed E-state index contributed by atoms with van der Waals surface area (Å²) >= 11 is 0. The highest BCUT2D eigenvalue weighted by atomic mass is 16.5. The van der Waals surface area contributed by atoms with E-state index in [9.17, 15) is 4.79 Å². The highest BCUT2D eigenvalue weighted by molar-refractivity contribution is 5.95. The minimum absolute atomic E-state index is 0.0000286. The molecule has 0 radical (unpaired) electrons. The Kier molecular flexibility index (Phi) is 8.59. The van der Waals surface area contributed by atoms with E-state index < -0.39 is 5.41 Å². The summed E-state index contributed by atoms with van der Waals surface area (Å²) in [5.41, 5.74) is 1.20. The molecule has 0 aliphatic heterocycles. The van der Waals surface area contributed by atoms with Gasteiger partial charge in [-0.1, -0.05) is 37.6 Å². The van der Waals surface area contributed by atoms with Crippen LogP contribution < -0.4 is 4.74 Å². The molecule has 0 saturated carbocycles. The van der Waals surface area contributed by atoms with E-state index in [1.54, 1.807) is 19.3 Å². The van der Waals surface area contributed by atoms with Crippen molar-refractivity contribution < 1.29 is 19.4 Å². The molecule has 0 aliphatic rings. The third-order valence-electron chi connectivity index (χ3n) is 4.31. The predicted octanol–water partition coefficient (Wildman–Crippen LogP) is 4.08. The van der Waals surface area contributed by atoms with Crippen LogP contribution in [-0.2, 0) is 16.1 Å². The van der Waals surface area contributed by atoms with E-state index in [1.807, 2.05) is 45.0 Å². The van der Waals surface area contributed by atoms with Crippen molar-refractivity contribution >= 4 is 5.78 Å². The van der Waals surface area contributed by atoms with E-state index in [0.29, 0.717) is 19.4 Å². The SMILES string of the molecule is C=CC[C@@H](OCc1ccc(OC)cc1)C(C)(C)C(=O)/C=C(\C)CCO. The smallest absolute Gasteiger partial charge is 0.163 e. The van der Waals surface area contributed by atoms with Crippen LogP contribution in [0.25, 0.3) is 0 Å². The van der Waals surface area contributed by atoms with Crippen LogP contribution in [0.1, 0.15) is 39.2 Å². The fourth-order valence-corrected chi connectivity index (χ4v) is 2.46. The summed E-state index contributed by atoms with van der Waals surface area (Å²) < 4.78 is 11.2. The maximum Gasteiger partial charge on any atom is 0.163 e. The average Bonchev–Trinajstić information content (AvgIpc) is 2.59. The summed E-state index contributed by atoms with van der Waals surface area (Å²) in [7, 11) is 1.63. The molecule has 1 atom stereocenters. The van der Waals surface area contributed by atoms with Crippen molar-refractivity contribution in [3.8, 4) is 5.75 Å². The Labute approximate surface area is 151 Å². The molecule has 0 spiro atoms. The number of hydrogen-bond donors (Lipinski definition) is 1. The lowest BCUT2D eigenvalue weighted by atomic mass is 9.79. The van der Waals surface area contributed by atoms with Crippen molar-refractivity contribution in [1.82, 2.24) is 0 Å². The standard InChI is InChI=1S/C21H30O4/c1-6-7-20(21(3,4)19(23)14-16(2)12-13-22)25-15-17-8-10-18(24-5)11-9-17/h6,8-11,14,20,22H,1,7,12-13,15H2,2-5H3/b16-14+/t20-/m1/s1. The number of benzene rings is 1. The third kappa shape index (κ3) is 6.48. The minimum Gasteiger partial charge on any atom is -0.497 e. The Morgan fingerprint density at radius 2 is 1.96 bits per heavy atom. The Morgan fingerprint density at radius 3 is 2.48 bits per heavy atom. The quantitative estimate of drug-likeness (QED) is 0.484. The van der Waals surface area contributed by atoms with Crippen LogP contribution in [0.15, 0.2) is 48.6 Å². The molecule has 0 amide bonds. The van der Waals surface area contributed by atoms with Crippen LogP contribution in [0.4, 0.5) is 0 Å². The zero-order valence-corrected chi connectivity index (χ0v) is 15.7. The molecule has 0 aromatic heterocycles. The summed E-state index contributed by atoms with van der Waals surface area (Å²) in [4.78, 5) is 12.7. The molecule has 0 aliphatic carbocycles. The van der Waals surface area contributed by atoms with Gasteiger partial charge in [0.1, 0.15) is 5.75 Å². The van der Waals surface area contributed by atoms with E-state index in [0.717, 1.165) is 16.9 Å². The second kappa shape index (κ2) is 10.2. The van der Waals surface area contributed by atoms with Gasteiger partial charge in [-0.2, -0.15) is 0 Å². The van der Waals surface area contributed by atoms with E-state index in [4.69, 9.17) is 14.6 Å². The van der Waals surface area contributed by atoms with E-state index in [-0.39, 0.29) is 18.5 Å². The molecular weight excluding hydrogens is 316 g/mol. The Morgan fingerprint density at radius 1 is 1.32 bits per heavy atom. The minimum atomic E-state index is -0.683. The van der Waals surface area contributed by atoms with Crippen LogP contribution in [0.5, 0.6) is 5.75 Å². The van der Waals surface area contributed by atoms with Gasteiger partial charge in [0, 0.05) is 6.61 Å². The fourth-order valence-electron chi connectivity index (χ4n) is 2.46. The molecule has 0 bridgehead atoms. The van der Waals surface area contributed by atoms with Crippen molar-refractivity contribution in [3.63, 3.8) is 0 Å². The first kappa shape index (κ1) is 21.1. The van der Waals surface area contributed by atoms with Gasteiger partial charge in [0.05, 0.1) is 25.2 Å². The first-order chi connectivity index (χ1) is 11.8. The van der Waals surface area contributed by atoms with Crippen molar-refractivity contribution in [3.05, 3.63) is 54.1 Å². The second-order valence-corrected chi connectivity index (χ2v) is 6.72. The van der Waals surface area contributed by atoms with Gasteiger partial charge in [0.2, 0.25) is 0 Å². The number of aliphatic hydroxyl groups is 1. The van der Waals surface area contributed by atoms with E-state index in [2.05, 4.69) is 6.58 Å². The van der Waals surface area contributed by atoms with Crippen LogP contribution in [0.2, 0.25) is 0 Å². The Bertz CT molecular complexity index is 584. The molecule has 0 heterocycles. The number of carbonyl (C=O) groups is 1. The van der Waals surface area contributed by atoms with Gasteiger partial charge in [0.25, 0.3) is 0 Å². The number of allylic oxidation sites excluding steroid dienone is 1. The summed E-state index contributed by atoms with van der Waals surface area (Å²) in [6, 6.07) is 7.67. The molecule has 0 saturated heterocycles. The topological polar surface area (TPSA) is 55.8 Å². The van der Waals surface area contributed by atoms with Gasteiger partial charge in [-0.15, -0.1) is 6.58 Å². The third-order valence-corrected chi connectivity index (χ3v) is 4.31. The first-order valence-corrected chi connectivity index (χ1v) is 8.53. The average molecular weight is 346 g/mol. The van der Waals surface area contributed by atoms with Gasteiger partial charge >= 0.3 is 0 Å². The van der Waals surface area contributed by atoms with Crippen LogP contribution in [0.3, 0.4) is 0 Å². The molecule has 1 rings (SSSR count). The number of ketones is 1. The van der Waals surface area contributed by atoms with Gasteiger partial charge in [0.15, 0.2) is 5.78 Å². The maximum atomic E-state index is 12.7. The van der Waals surface area contributed by atoms with Gasteiger partial charge in [-0.25, -0.2) is 0 Å². The second-order valence-electron chi connectivity index (χ2n) is 6.72. The lowest BCUT2D eigenvalue weighted by molar-refractivity contribution is -0.131. The van der Waals surface area contributed by atoms with Crippen molar-refractivity contribution in [1.29, 1.82) is 0 Å². The molecule has 0 unspecified atom stereocenters. The zero-order chi connectivity index (χ0) is 18.9. The monoisotopic (exact) mass is 346 g/mol. The van der Waals surface area contributed by atoms with Crippen molar-refractivity contribution in [2.75, 3.05) is 13.7 Å².